The van der Waals surface area contributed by atoms with Crippen LogP contribution in [0.2, 0.25) is 0 Å². The first kappa shape index (κ1) is 15.9. The van der Waals surface area contributed by atoms with Crippen molar-refractivity contribution in [1.82, 2.24) is 5.32 Å². The minimum Gasteiger partial charge on any atom is -0.508 e. The maximum absolute atomic E-state index is 9.55. The van der Waals surface area contributed by atoms with Crippen molar-refractivity contribution in [3.05, 3.63) is 58.1 Å². The van der Waals surface area contributed by atoms with Crippen molar-refractivity contribution in [3.8, 4) is 11.5 Å². The van der Waals surface area contributed by atoms with Crippen molar-refractivity contribution in [3.63, 3.8) is 0 Å². The number of phenols is 2. The Morgan fingerprint density at radius 1 is 1.00 bits per heavy atom. The molecule has 3 nitrogen and oxygen atoms in total. The van der Waals surface area contributed by atoms with Gasteiger partial charge in [0.15, 0.2) is 0 Å². The van der Waals surface area contributed by atoms with Crippen LogP contribution in [0.3, 0.4) is 0 Å². The minimum atomic E-state index is 0.0495. The predicted molar refractivity (Wildman–Crippen MR) is 88.6 cm³/mol. The number of nitrogens with one attached hydrogen (secondary N) is 1. The van der Waals surface area contributed by atoms with Gasteiger partial charge in [-0.1, -0.05) is 28.1 Å². The van der Waals surface area contributed by atoms with E-state index in [-0.39, 0.29) is 23.6 Å². The van der Waals surface area contributed by atoms with Gasteiger partial charge in [-0.3, -0.25) is 0 Å². The maximum atomic E-state index is 9.55. The lowest BCUT2D eigenvalue weighted by atomic mass is 10.0. The lowest BCUT2D eigenvalue weighted by molar-refractivity contribution is 0.440. The van der Waals surface area contributed by atoms with Crippen LogP contribution >= 0.6 is 15.9 Å². The van der Waals surface area contributed by atoms with Crippen molar-refractivity contribution >= 4 is 15.9 Å². The number of aromatic hydroxyl groups is 2. The first-order chi connectivity index (χ1) is 9.94. The van der Waals surface area contributed by atoms with E-state index in [1.807, 2.05) is 19.1 Å². The second kappa shape index (κ2) is 6.96. The van der Waals surface area contributed by atoms with Gasteiger partial charge >= 0.3 is 0 Å². The molecule has 0 aromatic heterocycles. The zero-order chi connectivity index (χ0) is 15.4. The lowest BCUT2D eigenvalue weighted by Crippen LogP contribution is -2.30. The van der Waals surface area contributed by atoms with Gasteiger partial charge in [0.25, 0.3) is 0 Å². The molecule has 0 aliphatic heterocycles. The Morgan fingerprint density at radius 3 is 2.14 bits per heavy atom. The van der Waals surface area contributed by atoms with Gasteiger partial charge in [-0.25, -0.2) is 0 Å². The molecule has 2 unspecified atom stereocenters. The summed E-state index contributed by atoms with van der Waals surface area (Å²) in [7, 11) is 0. The van der Waals surface area contributed by atoms with E-state index in [1.54, 1.807) is 12.1 Å². The van der Waals surface area contributed by atoms with E-state index in [2.05, 4.69) is 40.3 Å². The molecule has 0 heterocycles. The van der Waals surface area contributed by atoms with Crippen LogP contribution in [-0.4, -0.2) is 16.3 Å². The van der Waals surface area contributed by atoms with Crippen molar-refractivity contribution in [2.75, 3.05) is 0 Å². The van der Waals surface area contributed by atoms with Crippen LogP contribution < -0.4 is 5.32 Å². The molecule has 2 aromatic rings. The summed E-state index contributed by atoms with van der Waals surface area (Å²) in [5, 5.41) is 22.6. The fraction of sp³-hybridized carbons (Fsp3) is 0.294. The molecule has 0 spiro atoms. The molecular formula is C17H20BrNO2. The summed E-state index contributed by atoms with van der Waals surface area (Å²) in [6, 6.07) is 13.3. The molecule has 0 radical (unpaired) electrons. The third-order valence-corrected chi connectivity index (χ3v) is 3.94. The quantitative estimate of drug-likeness (QED) is 0.760. The molecular weight excluding hydrogens is 330 g/mol. The summed E-state index contributed by atoms with van der Waals surface area (Å²) >= 11 is 3.43. The summed E-state index contributed by atoms with van der Waals surface area (Å²) in [6.45, 7) is 4.15. The zero-order valence-electron chi connectivity index (χ0n) is 12.2. The molecule has 2 aromatic carbocycles. The fourth-order valence-electron chi connectivity index (χ4n) is 2.42. The normalized spacial score (nSPS) is 13.9. The van der Waals surface area contributed by atoms with Crippen molar-refractivity contribution < 1.29 is 10.2 Å². The van der Waals surface area contributed by atoms with Crippen molar-refractivity contribution in [2.24, 2.45) is 0 Å². The average Bonchev–Trinajstić information content (AvgIpc) is 2.40. The monoisotopic (exact) mass is 349 g/mol. The summed E-state index contributed by atoms with van der Waals surface area (Å²) in [5.74, 6) is 0.165. The van der Waals surface area contributed by atoms with E-state index in [1.165, 1.54) is 11.6 Å². The molecule has 0 amide bonds. The van der Waals surface area contributed by atoms with Gasteiger partial charge in [0.1, 0.15) is 11.5 Å². The molecule has 0 fully saturated rings. The van der Waals surface area contributed by atoms with Crippen LogP contribution in [0.1, 0.15) is 31.0 Å². The first-order valence-electron chi connectivity index (χ1n) is 6.97. The summed E-state index contributed by atoms with van der Waals surface area (Å²) < 4.78 is 1.08. The van der Waals surface area contributed by atoms with E-state index in [4.69, 9.17) is 0 Å². The van der Waals surface area contributed by atoms with Crippen LogP contribution in [0, 0.1) is 0 Å². The van der Waals surface area contributed by atoms with Gasteiger partial charge in [-0.15, -0.1) is 0 Å². The molecule has 0 aliphatic rings. The lowest BCUT2D eigenvalue weighted by Gasteiger charge is -2.21. The van der Waals surface area contributed by atoms with Crippen LogP contribution in [0.5, 0.6) is 11.5 Å². The predicted octanol–water partition coefficient (Wildman–Crippen LogP) is 4.14. The number of halogens is 1. The molecule has 0 saturated heterocycles. The van der Waals surface area contributed by atoms with Gasteiger partial charge in [-0.2, -0.15) is 0 Å². The van der Waals surface area contributed by atoms with Crippen LogP contribution in [0.15, 0.2) is 46.9 Å². The van der Waals surface area contributed by atoms with Gasteiger partial charge in [0, 0.05) is 22.6 Å². The summed E-state index contributed by atoms with van der Waals surface area (Å²) in [5.41, 5.74) is 2.14. The van der Waals surface area contributed by atoms with E-state index >= 15 is 0 Å². The second-order valence-electron chi connectivity index (χ2n) is 5.40. The highest BCUT2D eigenvalue weighted by atomic mass is 79.9. The Bertz CT molecular complexity index is 578. The standard InChI is InChI=1S/C17H20BrNO2/c1-11(7-13-3-5-15(18)6-4-13)19-12(2)14-8-16(20)10-17(21)9-14/h3-6,8-12,19-21H,7H2,1-2H3. The number of hydrogen-bond donors (Lipinski definition) is 3. The molecule has 112 valence electrons. The summed E-state index contributed by atoms with van der Waals surface area (Å²) in [6.07, 6.45) is 0.919. The highest BCUT2D eigenvalue weighted by Gasteiger charge is 2.12. The highest BCUT2D eigenvalue weighted by molar-refractivity contribution is 9.10. The topological polar surface area (TPSA) is 52.5 Å². The third kappa shape index (κ3) is 4.76. The van der Waals surface area contributed by atoms with E-state index in [9.17, 15) is 10.2 Å². The molecule has 0 aliphatic carbocycles. The SMILES string of the molecule is CC(Cc1ccc(Br)cc1)NC(C)c1cc(O)cc(O)c1. The maximum Gasteiger partial charge on any atom is 0.119 e. The second-order valence-corrected chi connectivity index (χ2v) is 6.32. The molecule has 21 heavy (non-hydrogen) atoms. The van der Waals surface area contributed by atoms with Gasteiger partial charge < -0.3 is 15.5 Å². The molecule has 0 saturated carbocycles. The average molecular weight is 350 g/mol. The van der Waals surface area contributed by atoms with E-state index in [0.717, 1.165) is 16.5 Å². The molecule has 2 rings (SSSR count). The van der Waals surface area contributed by atoms with E-state index in [0.29, 0.717) is 0 Å². The van der Waals surface area contributed by atoms with Crippen LogP contribution in [-0.2, 0) is 6.42 Å². The Hall–Kier alpha value is -1.52. The third-order valence-electron chi connectivity index (χ3n) is 3.41. The molecule has 4 heteroatoms. The van der Waals surface area contributed by atoms with Crippen LogP contribution in [0.4, 0.5) is 0 Å². The first-order valence-corrected chi connectivity index (χ1v) is 7.77. The Kier molecular flexibility index (Phi) is 5.26. The van der Waals surface area contributed by atoms with Gasteiger partial charge in [0.2, 0.25) is 0 Å². The smallest absolute Gasteiger partial charge is 0.119 e. The molecule has 0 bridgehead atoms. The molecule has 2 atom stereocenters. The zero-order valence-corrected chi connectivity index (χ0v) is 13.8. The number of benzene rings is 2. The molecule has 3 N–H and O–H groups in total. The van der Waals surface area contributed by atoms with Gasteiger partial charge in [-0.05, 0) is 55.7 Å². The van der Waals surface area contributed by atoms with E-state index < -0.39 is 0 Å². The van der Waals surface area contributed by atoms with Crippen molar-refractivity contribution in [2.45, 2.75) is 32.4 Å². The van der Waals surface area contributed by atoms with Gasteiger partial charge in [0.05, 0.1) is 0 Å². The largest absolute Gasteiger partial charge is 0.508 e. The summed E-state index contributed by atoms with van der Waals surface area (Å²) in [4.78, 5) is 0. The Morgan fingerprint density at radius 2 is 1.57 bits per heavy atom. The number of phenolic OH excluding ortho intramolecular Hbond substituents is 2. The minimum absolute atomic E-state index is 0.0495. The van der Waals surface area contributed by atoms with Crippen molar-refractivity contribution in [1.29, 1.82) is 0 Å². The van der Waals surface area contributed by atoms with Crippen LogP contribution in [0.25, 0.3) is 0 Å². The number of rotatable bonds is 5. The Labute approximate surface area is 133 Å². The fourth-order valence-corrected chi connectivity index (χ4v) is 2.69. The number of hydrogen-bond acceptors (Lipinski definition) is 3. The highest BCUT2D eigenvalue weighted by Crippen LogP contribution is 2.25. The Balaban J connectivity index is 1.98.